The van der Waals surface area contributed by atoms with Crippen LogP contribution in [0.15, 0.2) is 24.3 Å². The van der Waals surface area contributed by atoms with Gasteiger partial charge >= 0.3 is 0 Å². The lowest BCUT2D eigenvalue weighted by atomic mass is 10.2. The van der Waals surface area contributed by atoms with Crippen molar-refractivity contribution in [1.29, 1.82) is 0 Å². The molecule has 0 aromatic heterocycles. The van der Waals surface area contributed by atoms with E-state index in [0.717, 1.165) is 24.2 Å². The van der Waals surface area contributed by atoms with E-state index in [-0.39, 0.29) is 6.61 Å². The molecule has 0 atom stereocenters. The number of aliphatic hydroxyl groups is 1. The first-order valence-electron chi connectivity index (χ1n) is 5.19. The quantitative estimate of drug-likeness (QED) is 0.602. The van der Waals surface area contributed by atoms with Crippen molar-refractivity contribution in [3.63, 3.8) is 0 Å². The van der Waals surface area contributed by atoms with Crippen molar-refractivity contribution in [1.82, 2.24) is 0 Å². The number of benzene rings is 1. The Labute approximate surface area is 90.9 Å². The summed E-state index contributed by atoms with van der Waals surface area (Å²) >= 11 is 0. The zero-order valence-electron chi connectivity index (χ0n) is 8.99. The first-order valence-corrected chi connectivity index (χ1v) is 5.19. The van der Waals surface area contributed by atoms with Gasteiger partial charge in [0.05, 0.1) is 6.61 Å². The van der Waals surface area contributed by atoms with Crippen LogP contribution < -0.4 is 4.74 Å². The van der Waals surface area contributed by atoms with E-state index in [0.29, 0.717) is 6.61 Å². The van der Waals surface area contributed by atoms with Crippen LogP contribution in [0.25, 0.3) is 0 Å². The Bertz CT molecular complexity index is 330. The molecule has 80 valence electrons. The Hall–Kier alpha value is -1.46. The summed E-state index contributed by atoms with van der Waals surface area (Å²) in [5, 5.41) is 8.57. The second kappa shape index (κ2) is 6.92. The first-order chi connectivity index (χ1) is 7.36. The molecule has 0 fully saturated rings. The Morgan fingerprint density at radius 3 is 2.60 bits per heavy atom. The van der Waals surface area contributed by atoms with Crippen molar-refractivity contribution in [2.75, 3.05) is 13.2 Å². The van der Waals surface area contributed by atoms with Crippen LogP contribution in [0.2, 0.25) is 0 Å². The number of ether oxygens (including phenoxy) is 1. The molecule has 0 aliphatic heterocycles. The smallest absolute Gasteiger partial charge is 0.119 e. The minimum Gasteiger partial charge on any atom is -0.494 e. The van der Waals surface area contributed by atoms with E-state index in [1.54, 1.807) is 0 Å². The highest BCUT2D eigenvalue weighted by Gasteiger charge is 1.90. The zero-order chi connectivity index (χ0) is 10.9. The standard InChI is InChI=1S/C13H16O2/c1-2-15-13-9-7-12(8-10-13)6-4-3-5-11-14/h7-10,14H,2-3,5,11H2,1H3. The fourth-order valence-electron chi connectivity index (χ4n) is 1.13. The average molecular weight is 204 g/mol. The molecular formula is C13H16O2. The number of hydrogen-bond acceptors (Lipinski definition) is 2. The molecule has 0 radical (unpaired) electrons. The Morgan fingerprint density at radius 2 is 2.00 bits per heavy atom. The summed E-state index contributed by atoms with van der Waals surface area (Å²) in [6, 6.07) is 7.72. The Morgan fingerprint density at radius 1 is 1.27 bits per heavy atom. The molecule has 2 heteroatoms. The van der Waals surface area contributed by atoms with Gasteiger partial charge in [-0.15, -0.1) is 0 Å². The van der Waals surface area contributed by atoms with E-state index < -0.39 is 0 Å². The molecule has 0 spiro atoms. The van der Waals surface area contributed by atoms with Gasteiger partial charge in [-0.2, -0.15) is 0 Å². The third-order valence-electron chi connectivity index (χ3n) is 1.86. The maximum Gasteiger partial charge on any atom is 0.119 e. The summed E-state index contributed by atoms with van der Waals surface area (Å²) in [5.41, 5.74) is 0.983. The van der Waals surface area contributed by atoms with E-state index in [2.05, 4.69) is 11.8 Å². The lowest BCUT2D eigenvalue weighted by molar-refractivity contribution is 0.290. The predicted molar refractivity (Wildman–Crippen MR) is 60.8 cm³/mol. The molecule has 1 N–H and O–H groups in total. The number of rotatable bonds is 4. The molecule has 1 aromatic carbocycles. The van der Waals surface area contributed by atoms with Crippen LogP contribution in [0.1, 0.15) is 25.3 Å². The molecule has 1 aromatic rings. The summed E-state index contributed by atoms with van der Waals surface area (Å²) in [5.74, 6) is 6.91. The van der Waals surface area contributed by atoms with Crippen LogP contribution >= 0.6 is 0 Å². The molecule has 0 unspecified atom stereocenters. The van der Waals surface area contributed by atoms with Gasteiger partial charge in [0.15, 0.2) is 0 Å². The first kappa shape index (κ1) is 11.6. The van der Waals surface area contributed by atoms with E-state index in [9.17, 15) is 0 Å². The minimum atomic E-state index is 0.206. The van der Waals surface area contributed by atoms with Crippen molar-refractivity contribution in [2.45, 2.75) is 19.8 Å². The van der Waals surface area contributed by atoms with E-state index in [1.807, 2.05) is 31.2 Å². The van der Waals surface area contributed by atoms with Crippen LogP contribution in [0, 0.1) is 11.8 Å². The lowest BCUT2D eigenvalue weighted by Gasteiger charge is -2.01. The fourth-order valence-corrected chi connectivity index (χ4v) is 1.13. The van der Waals surface area contributed by atoms with Gasteiger partial charge in [0.1, 0.15) is 5.75 Å². The van der Waals surface area contributed by atoms with E-state index >= 15 is 0 Å². The van der Waals surface area contributed by atoms with Crippen molar-refractivity contribution in [3.8, 4) is 17.6 Å². The molecule has 0 saturated heterocycles. The molecule has 2 nitrogen and oxygen atoms in total. The van der Waals surface area contributed by atoms with E-state index in [4.69, 9.17) is 9.84 Å². The third-order valence-corrected chi connectivity index (χ3v) is 1.86. The SMILES string of the molecule is CCOc1ccc(C#CCCCO)cc1. The summed E-state index contributed by atoms with van der Waals surface area (Å²) in [6.45, 7) is 2.85. The summed E-state index contributed by atoms with van der Waals surface area (Å²) in [6.07, 6.45) is 1.48. The maximum absolute atomic E-state index is 8.57. The third kappa shape index (κ3) is 4.53. The van der Waals surface area contributed by atoms with Crippen molar-refractivity contribution < 1.29 is 9.84 Å². The van der Waals surface area contributed by atoms with Crippen molar-refractivity contribution >= 4 is 0 Å². The second-order valence-corrected chi connectivity index (χ2v) is 3.09. The van der Waals surface area contributed by atoms with Gasteiger partial charge in [0, 0.05) is 18.6 Å². The molecule has 1 rings (SSSR count). The molecule has 0 aliphatic carbocycles. The Balaban J connectivity index is 2.51. The van der Waals surface area contributed by atoms with Gasteiger partial charge < -0.3 is 9.84 Å². The average Bonchev–Trinajstić information content (AvgIpc) is 2.27. The highest BCUT2D eigenvalue weighted by Crippen LogP contribution is 2.11. The monoisotopic (exact) mass is 204 g/mol. The molecule has 15 heavy (non-hydrogen) atoms. The van der Waals surface area contributed by atoms with Gasteiger partial charge in [-0.25, -0.2) is 0 Å². The molecule has 0 heterocycles. The van der Waals surface area contributed by atoms with Crippen LogP contribution in [0.4, 0.5) is 0 Å². The van der Waals surface area contributed by atoms with Gasteiger partial charge in [0.2, 0.25) is 0 Å². The van der Waals surface area contributed by atoms with Crippen LogP contribution in [0.5, 0.6) is 5.75 Å². The highest BCUT2D eigenvalue weighted by atomic mass is 16.5. The minimum absolute atomic E-state index is 0.206. The zero-order valence-corrected chi connectivity index (χ0v) is 8.99. The maximum atomic E-state index is 8.57. The van der Waals surface area contributed by atoms with Crippen molar-refractivity contribution in [2.24, 2.45) is 0 Å². The van der Waals surface area contributed by atoms with Gasteiger partial charge in [0.25, 0.3) is 0 Å². The van der Waals surface area contributed by atoms with Crippen LogP contribution in [0.3, 0.4) is 0 Å². The van der Waals surface area contributed by atoms with Crippen LogP contribution in [-0.2, 0) is 0 Å². The molecule has 0 aliphatic rings. The van der Waals surface area contributed by atoms with E-state index in [1.165, 1.54) is 0 Å². The van der Waals surface area contributed by atoms with Crippen LogP contribution in [-0.4, -0.2) is 18.3 Å². The van der Waals surface area contributed by atoms with Gasteiger partial charge in [-0.05, 0) is 37.6 Å². The Kier molecular flexibility index (Phi) is 5.35. The summed E-state index contributed by atoms with van der Waals surface area (Å²) in [7, 11) is 0. The summed E-state index contributed by atoms with van der Waals surface area (Å²) in [4.78, 5) is 0. The van der Waals surface area contributed by atoms with Gasteiger partial charge in [-0.1, -0.05) is 11.8 Å². The highest BCUT2D eigenvalue weighted by molar-refractivity contribution is 5.38. The fraction of sp³-hybridized carbons (Fsp3) is 0.385. The largest absolute Gasteiger partial charge is 0.494 e. The van der Waals surface area contributed by atoms with Gasteiger partial charge in [-0.3, -0.25) is 0 Å². The lowest BCUT2D eigenvalue weighted by Crippen LogP contribution is -1.90. The normalized spacial score (nSPS) is 9.20. The predicted octanol–water partition coefficient (Wildman–Crippen LogP) is 2.21. The number of hydrogen-bond donors (Lipinski definition) is 1. The number of unbranched alkanes of at least 4 members (excludes halogenated alkanes) is 1. The second-order valence-electron chi connectivity index (χ2n) is 3.09. The topological polar surface area (TPSA) is 29.5 Å². The van der Waals surface area contributed by atoms with Crippen molar-refractivity contribution in [3.05, 3.63) is 29.8 Å². The molecular weight excluding hydrogens is 188 g/mol. The molecule has 0 saturated carbocycles. The molecule has 0 amide bonds. The number of aliphatic hydroxyl groups excluding tert-OH is 1. The summed E-state index contributed by atoms with van der Waals surface area (Å²) < 4.78 is 5.32. The molecule has 0 bridgehead atoms.